The van der Waals surface area contributed by atoms with E-state index < -0.39 is 0 Å². The van der Waals surface area contributed by atoms with E-state index in [-0.39, 0.29) is 5.54 Å². The second kappa shape index (κ2) is 3.67. The summed E-state index contributed by atoms with van der Waals surface area (Å²) in [5.74, 6) is 1.42. The number of rotatable bonds is 3. The molecule has 0 spiro atoms. The van der Waals surface area contributed by atoms with Crippen LogP contribution in [0.2, 0.25) is 0 Å². The maximum atomic E-state index is 6.32. The molecule has 0 aromatic carbocycles. The molecule has 1 aliphatic carbocycles. The predicted molar refractivity (Wildman–Crippen MR) is 66.1 cm³/mol. The fourth-order valence-corrected chi connectivity index (χ4v) is 2.12. The summed E-state index contributed by atoms with van der Waals surface area (Å²) < 4.78 is 0. The van der Waals surface area contributed by atoms with E-state index in [2.05, 4.69) is 15.0 Å². The second-order valence-corrected chi connectivity index (χ2v) is 4.92. The summed E-state index contributed by atoms with van der Waals surface area (Å²) in [7, 11) is 0. The molecule has 2 aromatic heterocycles. The van der Waals surface area contributed by atoms with Gasteiger partial charge in [0.05, 0.1) is 23.1 Å². The summed E-state index contributed by atoms with van der Waals surface area (Å²) in [6, 6.07) is 5.83. The standard InChI is InChI=1S/C13H16N4/c1-13(14,9-5-6-9)12-16-8-11(17-12)10-4-2-3-7-15-10/h2-4,7-9H,5-6,14H2,1H3,(H,16,17). The average molecular weight is 228 g/mol. The van der Waals surface area contributed by atoms with Crippen molar-refractivity contribution in [3.8, 4) is 11.4 Å². The van der Waals surface area contributed by atoms with E-state index in [9.17, 15) is 0 Å². The Bertz CT molecular complexity index is 511. The van der Waals surface area contributed by atoms with Gasteiger partial charge in [0.15, 0.2) is 0 Å². The number of nitrogens with one attached hydrogen (secondary N) is 1. The molecule has 17 heavy (non-hydrogen) atoms. The highest BCUT2D eigenvalue weighted by atomic mass is 15.0. The highest BCUT2D eigenvalue weighted by Gasteiger charge is 2.41. The number of H-pyrrole nitrogens is 1. The Hall–Kier alpha value is -1.68. The highest BCUT2D eigenvalue weighted by Crippen LogP contribution is 2.42. The van der Waals surface area contributed by atoms with E-state index >= 15 is 0 Å². The minimum atomic E-state index is -0.340. The molecule has 0 aliphatic heterocycles. The Morgan fingerprint density at radius 1 is 1.35 bits per heavy atom. The molecule has 3 N–H and O–H groups in total. The molecule has 2 heterocycles. The molecule has 0 bridgehead atoms. The predicted octanol–water partition coefficient (Wildman–Crippen LogP) is 2.06. The maximum absolute atomic E-state index is 6.32. The van der Waals surface area contributed by atoms with E-state index in [1.54, 1.807) is 6.20 Å². The maximum Gasteiger partial charge on any atom is 0.126 e. The van der Waals surface area contributed by atoms with Gasteiger partial charge in [-0.1, -0.05) is 6.07 Å². The Morgan fingerprint density at radius 2 is 2.18 bits per heavy atom. The number of aromatic amines is 1. The van der Waals surface area contributed by atoms with Crippen LogP contribution in [0.15, 0.2) is 30.6 Å². The van der Waals surface area contributed by atoms with Crippen LogP contribution in [-0.2, 0) is 5.54 Å². The zero-order valence-corrected chi connectivity index (χ0v) is 9.85. The first-order chi connectivity index (χ1) is 8.18. The Labute approximate surface area is 100 Å². The zero-order valence-electron chi connectivity index (χ0n) is 9.85. The molecule has 1 aliphatic rings. The Morgan fingerprint density at radius 3 is 2.82 bits per heavy atom. The van der Waals surface area contributed by atoms with Gasteiger partial charge in [0.1, 0.15) is 5.82 Å². The summed E-state index contributed by atoms with van der Waals surface area (Å²) in [5.41, 5.74) is 7.81. The van der Waals surface area contributed by atoms with Crippen molar-refractivity contribution in [2.45, 2.75) is 25.3 Å². The summed E-state index contributed by atoms with van der Waals surface area (Å²) >= 11 is 0. The normalized spacial score (nSPS) is 18.9. The smallest absolute Gasteiger partial charge is 0.126 e. The molecule has 0 radical (unpaired) electrons. The monoisotopic (exact) mass is 228 g/mol. The third-order valence-electron chi connectivity index (χ3n) is 3.45. The van der Waals surface area contributed by atoms with E-state index in [0.717, 1.165) is 17.2 Å². The van der Waals surface area contributed by atoms with Gasteiger partial charge in [-0.15, -0.1) is 0 Å². The van der Waals surface area contributed by atoms with E-state index in [1.165, 1.54) is 12.8 Å². The van der Waals surface area contributed by atoms with Gasteiger partial charge in [-0.25, -0.2) is 4.98 Å². The van der Waals surface area contributed by atoms with Crippen molar-refractivity contribution in [3.63, 3.8) is 0 Å². The van der Waals surface area contributed by atoms with Gasteiger partial charge in [0.25, 0.3) is 0 Å². The molecule has 1 atom stereocenters. The van der Waals surface area contributed by atoms with E-state index in [0.29, 0.717) is 5.92 Å². The van der Waals surface area contributed by atoms with Crippen LogP contribution in [0, 0.1) is 5.92 Å². The molecule has 0 saturated heterocycles. The number of nitrogens with two attached hydrogens (primary N) is 1. The van der Waals surface area contributed by atoms with Gasteiger partial charge in [-0.05, 0) is 37.8 Å². The Balaban J connectivity index is 1.93. The molecular weight excluding hydrogens is 212 g/mol. The molecule has 88 valence electrons. The number of hydrogen-bond donors (Lipinski definition) is 2. The van der Waals surface area contributed by atoms with Crippen LogP contribution in [0.4, 0.5) is 0 Å². The van der Waals surface area contributed by atoms with Gasteiger partial charge in [-0.2, -0.15) is 0 Å². The van der Waals surface area contributed by atoms with Crippen LogP contribution < -0.4 is 5.73 Å². The molecule has 1 saturated carbocycles. The zero-order chi connectivity index (χ0) is 11.9. The minimum Gasteiger partial charge on any atom is -0.339 e. The summed E-state index contributed by atoms with van der Waals surface area (Å²) in [5, 5.41) is 0. The number of imidazole rings is 1. The van der Waals surface area contributed by atoms with Crippen LogP contribution in [0.3, 0.4) is 0 Å². The minimum absolute atomic E-state index is 0.340. The molecule has 1 unspecified atom stereocenters. The van der Waals surface area contributed by atoms with Crippen molar-refractivity contribution >= 4 is 0 Å². The van der Waals surface area contributed by atoms with Crippen molar-refractivity contribution in [2.75, 3.05) is 0 Å². The fraction of sp³-hybridized carbons (Fsp3) is 0.385. The van der Waals surface area contributed by atoms with E-state index in [1.807, 2.05) is 31.3 Å². The van der Waals surface area contributed by atoms with Crippen molar-refractivity contribution in [1.29, 1.82) is 0 Å². The van der Waals surface area contributed by atoms with Gasteiger partial charge in [0, 0.05) is 6.20 Å². The van der Waals surface area contributed by atoms with Gasteiger partial charge < -0.3 is 10.7 Å². The van der Waals surface area contributed by atoms with Crippen LogP contribution in [0.5, 0.6) is 0 Å². The first kappa shape index (κ1) is 10.5. The van der Waals surface area contributed by atoms with Gasteiger partial charge >= 0.3 is 0 Å². The van der Waals surface area contributed by atoms with Gasteiger partial charge in [0.2, 0.25) is 0 Å². The third-order valence-corrected chi connectivity index (χ3v) is 3.45. The lowest BCUT2D eigenvalue weighted by atomic mass is 9.97. The Kier molecular flexibility index (Phi) is 2.26. The summed E-state index contributed by atoms with van der Waals surface area (Å²) in [6.07, 6.45) is 5.99. The molecule has 1 fully saturated rings. The average Bonchev–Trinajstić information content (AvgIpc) is 3.08. The van der Waals surface area contributed by atoms with Crippen molar-refractivity contribution in [1.82, 2.24) is 15.0 Å². The van der Waals surface area contributed by atoms with Gasteiger partial charge in [-0.3, -0.25) is 4.98 Å². The number of pyridine rings is 1. The molecule has 0 amide bonds. The van der Waals surface area contributed by atoms with Crippen LogP contribution in [0.1, 0.15) is 25.6 Å². The molecule has 4 heteroatoms. The molecule has 2 aromatic rings. The summed E-state index contributed by atoms with van der Waals surface area (Å²) in [6.45, 7) is 2.05. The summed E-state index contributed by atoms with van der Waals surface area (Å²) in [4.78, 5) is 12.0. The van der Waals surface area contributed by atoms with Crippen molar-refractivity contribution in [2.24, 2.45) is 11.7 Å². The molecule has 4 nitrogen and oxygen atoms in total. The first-order valence-corrected chi connectivity index (χ1v) is 5.93. The van der Waals surface area contributed by atoms with Crippen molar-refractivity contribution < 1.29 is 0 Å². The molecule has 3 rings (SSSR count). The lowest BCUT2D eigenvalue weighted by Crippen LogP contribution is -2.36. The van der Waals surface area contributed by atoms with Crippen LogP contribution >= 0.6 is 0 Å². The number of aromatic nitrogens is 3. The lowest BCUT2D eigenvalue weighted by molar-refractivity contribution is 0.404. The van der Waals surface area contributed by atoms with Crippen LogP contribution in [0.25, 0.3) is 11.4 Å². The lowest BCUT2D eigenvalue weighted by Gasteiger charge is -2.21. The number of hydrogen-bond acceptors (Lipinski definition) is 3. The van der Waals surface area contributed by atoms with Crippen molar-refractivity contribution in [3.05, 3.63) is 36.4 Å². The topological polar surface area (TPSA) is 67.6 Å². The first-order valence-electron chi connectivity index (χ1n) is 5.93. The third kappa shape index (κ3) is 1.85. The van der Waals surface area contributed by atoms with E-state index in [4.69, 9.17) is 5.73 Å². The quantitative estimate of drug-likeness (QED) is 0.845. The second-order valence-electron chi connectivity index (χ2n) is 4.92. The highest BCUT2D eigenvalue weighted by molar-refractivity contribution is 5.52. The number of nitrogens with zero attached hydrogens (tertiary/aromatic N) is 2. The molecular formula is C13H16N4. The largest absolute Gasteiger partial charge is 0.339 e. The van der Waals surface area contributed by atoms with Crippen LogP contribution in [-0.4, -0.2) is 15.0 Å². The SMILES string of the molecule is CC(N)(c1ncc(-c2ccccn2)[nH]1)C1CC1. The fourth-order valence-electron chi connectivity index (χ4n) is 2.12.